The van der Waals surface area contributed by atoms with Gasteiger partial charge in [-0.2, -0.15) is 0 Å². The Hall–Kier alpha value is -1.85. The van der Waals surface area contributed by atoms with Crippen LogP contribution in [0.15, 0.2) is 41.8 Å². The van der Waals surface area contributed by atoms with Crippen molar-refractivity contribution in [1.29, 1.82) is 0 Å². The highest BCUT2D eigenvalue weighted by Crippen LogP contribution is 2.12. The lowest BCUT2D eigenvalue weighted by Crippen LogP contribution is -2.31. The van der Waals surface area contributed by atoms with Gasteiger partial charge in [0.1, 0.15) is 5.75 Å². The molecule has 2 N–H and O–H groups in total. The summed E-state index contributed by atoms with van der Waals surface area (Å²) >= 11 is 1.45. The molecule has 0 spiro atoms. The van der Waals surface area contributed by atoms with Gasteiger partial charge < -0.3 is 15.4 Å². The summed E-state index contributed by atoms with van der Waals surface area (Å²) in [5.41, 5.74) is 1.16. The molecule has 1 aromatic carbocycles. The summed E-state index contributed by atoms with van der Waals surface area (Å²) in [5, 5.41) is 8.06. The SMILES string of the molecule is COc1cccc(CNCCNC(=O)c2cccs2)c1. The van der Waals surface area contributed by atoms with Gasteiger partial charge in [0.2, 0.25) is 0 Å². The molecule has 0 saturated carbocycles. The van der Waals surface area contributed by atoms with Crippen molar-refractivity contribution in [2.45, 2.75) is 6.54 Å². The van der Waals surface area contributed by atoms with Crippen molar-refractivity contribution in [2.24, 2.45) is 0 Å². The Labute approximate surface area is 122 Å². The van der Waals surface area contributed by atoms with E-state index in [1.807, 2.05) is 41.8 Å². The van der Waals surface area contributed by atoms with Crippen molar-refractivity contribution in [2.75, 3.05) is 20.2 Å². The first-order chi connectivity index (χ1) is 9.79. The Morgan fingerprint density at radius 1 is 1.25 bits per heavy atom. The van der Waals surface area contributed by atoms with Gasteiger partial charge in [-0.05, 0) is 29.1 Å². The number of rotatable bonds is 7. The predicted molar refractivity (Wildman–Crippen MR) is 81.4 cm³/mol. The molecule has 0 bridgehead atoms. The van der Waals surface area contributed by atoms with Gasteiger partial charge in [-0.15, -0.1) is 11.3 Å². The molecule has 1 aromatic heterocycles. The first-order valence-electron chi connectivity index (χ1n) is 6.45. The van der Waals surface area contributed by atoms with Gasteiger partial charge in [0, 0.05) is 19.6 Å². The van der Waals surface area contributed by atoms with Gasteiger partial charge in [-0.1, -0.05) is 18.2 Å². The first-order valence-corrected chi connectivity index (χ1v) is 7.33. The quantitative estimate of drug-likeness (QED) is 0.769. The average Bonchev–Trinajstić information content (AvgIpc) is 3.01. The largest absolute Gasteiger partial charge is 0.497 e. The standard InChI is InChI=1S/C15H18N2O2S/c1-19-13-5-2-4-12(10-13)11-16-7-8-17-15(18)14-6-3-9-20-14/h2-6,9-10,16H,7-8,11H2,1H3,(H,17,18). The maximum absolute atomic E-state index is 11.7. The number of methoxy groups -OCH3 is 1. The molecule has 0 unspecified atom stereocenters. The van der Waals surface area contributed by atoms with Crippen molar-refractivity contribution < 1.29 is 9.53 Å². The molecule has 106 valence electrons. The van der Waals surface area contributed by atoms with Crippen LogP contribution in [-0.2, 0) is 6.54 Å². The molecule has 0 saturated heterocycles. The van der Waals surface area contributed by atoms with E-state index in [2.05, 4.69) is 10.6 Å². The van der Waals surface area contributed by atoms with Gasteiger partial charge in [0.25, 0.3) is 5.91 Å². The Morgan fingerprint density at radius 3 is 2.90 bits per heavy atom. The number of benzene rings is 1. The average molecular weight is 290 g/mol. The number of carbonyl (C=O) groups is 1. The number of thiophene rings is 1. The number of hydrogen-bond donors (Lipinski definition) is 2. The number of hydrogen-bond acceptors (Lipinski definition) is 4. The Morgan fingerprint density at radius 2 is 2.15 bits per heavy atom. The molecule has 5 heteroatoms. The zero-order valence-electron chi connectivity index (χ0n) is 11.4. The molecule has 2 aromatic rings. The summed E-state index contributed by atoms with van der Waals surface area (Å²) in [6, 6.07) is 11.6. The molecule has 0 atom stereocenters. The minimum atomic E-state index is -0.0109. The van der Waals surface area contributed by atoms with E-state index >= 15 is 0 Å². The third-order valence-electron chi connectivity index (χ3n) is 2.80. The minimum absolute atomic E-state index is 0.0109. The third kappa shape index (κ3) is 4.36. The third-order valence-corrected chi connectivity index (χ3v) is 3.66. The molecular weight excluding hydrogens is 272 g/mol. The first kappa shape index (κ1) is 14.6. The summed E-state index contributed by atoms with van der Waals surface area (Å²) < 4.78 is 5.17. The van der Waals surface area contributed by atoms with Gasteiger partial charge >= 0.3 is 0 Å². The van der Waals surface area contributed by atoms with Crippen LogP contribution in [0.3, 0.4) is 0 Å². The van der Waals surface area contributed by atoms with Crippen molar-refractivity contribution in [1.82, 2.24) is 10.6 Å². The fourth-order valence-corrected chi connectivity index (χ4v) is 2.41. The van der Waals surface area contributed by atoms with E-state index in [1.165, 1.54) is 11.3 Å². The van der Waals surface area contributed by atoms with E-state index in [4.69, 9.17) is 4.74 Å². The zero-order valence-corrected chi connectivity index (χ0v) is 12.2. The van der Waals surface area contributed by atoms with E-state index in [1.54, 1.807) is 7.11 Å². The minimum Gasteiger partial charge on any atom is -0.497 e. The van der Waals surface area contributed by atoms with Crippen LogP contribution in [0.25, 0.3) is 0 Å². The highest BCUT2D eigenvalue weighted by molar-refractivity contribution is 7.12. The van der Waals surface area contributed by atoms with E-state index in [-0.39, 0.29) is 5.91 Å². The second kappa shape index (κ2) is 7.67. The molecule has 20 heavy (non-hydrogen) atoms. The molecule has 0 aliphatic heterocycles. The molecule has 2 rings (SSSR count). The van der Waals surface area contributed by atoms with Crippen molar-refractivity contribution in [3.63, 3.8) is 0 Å². The highest BCUT2D eigenvalue weighted by Gasteiger charge is 2.04. The van der Waals surface area contributed by atoms with Gasteiger partial charge in [0.15, 0.2) is 0 Å². The number of ether oxygens (including phenoxy) is 1. The van der Waals surface area contributed by atoms with Crippen LogP contribution in [0, 0.1) is 0 Å². The fraction of sp³-hybridized carbons (Fsp3) is 0.267. The van der Waals surface area contributed by atoms with Crippen LogP contribution in [0.2, 0.25) is 0 Å². The fourth-order valence-electron chi connectivity index (χ4n) is 1.77. The maximum atomic E-state index is 11.7. The molecule has 0 aliphatic carbocycles. The van der Waals surface area contributed by atoms with E-state index in [0.717, 1.165) is 29.3 Å². The Kier molecular flexibility index (Phi) is 5.58. The lowest BCUT2D eigenvalue weighted by molar-refractivity contribution is 0.0958. The zero-order chi connectivity index (χ0) is 14.2. The maximum Gasteiger partial charge on any atom is 0.261 e. The number of nitrogens with one attached hydrogen (secondary N) is 2. The van der Waals surface area contributed by atoms with Crippen LogP contribution < -0.4 is 15.4 Å². The second-order valence-corrected chi connectivity index (χ2v) is 5.21. The second-order valence-electron chi connectivity index (χ2n) is 4.26. The van der Waals surface area contributed by atoms with E-state index in [0.29, 0.717) is 6.54 Å². The smallest absolute Gasteiger partial charge is 0.261 e. The Bertz CT molecular complexity index is 541. The van der Waals surface area contributed by atoms with Crippen LogP contribution in [0.1, 0.15) is 15.2 Å². The molecule has 0 radical (unpaired) electrons. The van der Waals surface area contributed by atoms with E-state index < -0.39 is 0 Å². The summed E-state index contributed by atoms with van der Waals surface area (Å²) in [6.07, 6.45) is 0. The highest BCUT2D eigenvalue weighted by atomic mass is 32.1. The van der Waals surface area contributed by atoms with E-state index in [9.17, 15) is 4.79 Å². The van der Waals surface area contributed by atoms with Crippen molar-refractivity contribution in [3.05, 3.63) is 52.2 Å². The summed E-state index contributed by atoms with van der Waals surface area (Å²) in [4.78, 5) is 12.4. The number of amides is 1. The van der Waals surface area contributed by atoms with Crippen LogP contribution in [-0.4, -0.2) is 26.1 Å². The topological polar surface area (TPSA) is 50.4 Å². The molecule has 4 nitrogen and oxygen atoms in total. The Balaban J connectivity index is 1.65. The lowest BCUT2D eigenvalue weighted by Gasteiger charge is -2.07. The lowest BCUT2D eigenvalue weighted by atomic mass is 10.2. The summed E-state index contributed by atoms with van der Waals surface area (Å²) in [5.74, 6) is 0.846. The summed E-state index contributed by atoms with van der Waals surface area (Å²) in [7, 11) is 1.66. The molecular formula is C15H18N2O2S. The molecule has 1 heterocycles. The molecule has 0 aliphatic rings. The van der Waals surface area contributed by atoms with Gasteiger partial charge in [-0.25, -0.2) is 0 Å². The van der Waals surface area contributed by atoms with Gasteiger partial charge in [-0.3, -0.25) is 4.79 Å². The number of carbonyl (C=O) groups excluding carboxylic acids is 1. The van der Waals surface area contributed by atoms with Gasteiger partial charge in [0.05, 0.1) is 12.0 Å². The summed E-state index contributed by atoms with van der Waals surface area (Å²) in [6.45, 7) is 2.10. The van der Waals surface area contributed by atoms with Crippen LogP contribution >= 0.6 is 11.3 Å². The van der Waals surface area contributed by atoms with Crippen LogP contribution in [0.4, 0.5) is 0 Å². The molecule has 1 amide bonds. The molecule has 0 fully saturated rings. The van der Waals surface area contributed by atoms with Crippen LogP contribution in [0.5, 0.6) is 5.75 Å². The van der Waals surface area contributed by atoms with Crippen molar-refractivity contribution >= 4 is 17.2 Å². The monoisotopic (exact) mass is 290 g/mol. The van der Waals surface area contributed by atoms with Crippen molar-refractivity contribution in [3.8, 4) is 5.75 Å². The predicted octanol–water partition coefficient (Wildman–Crippen LogP) is 2.28. The normalized spacial score (nSPS) is 10.2.